The third-order valence-corrected chi connectivity index (χ3v) is 3.13. The first-order valence-corrected chi connectivity index (χ1v) is 7.13. The first-order chi connectivity index (χ1) is 9.45. The minimum Gasteiger partial charge on any atom is -0.487 e. The van der Waals surface area contributed by atoms with Crippen molar-refractivity contribution in [3.05, 3.63) is 29.3 Å². The molecule has 0 bridgehead atoms. The summed E-state index contributed by atoms with van der Waals surface area (Å²) in [4.78, 5) is 8.60. The Morgan fingerprint density at radius 2 is 1.76 bits per heavy atom. The van der Waals surface area contributed by atoms with E-state index in [1.807, 2.05) is 62.3 Å². The van der Waals surface area contributed by atoms with Gasteiger partial charge >= 0.3 is 0 Å². The molecule has 0 aliphatic rings. The molecule has 0 radical (unpaired) electrons. The molecular formula is C15H25ClIN3O. The molecule has 0 spiro atoms. The summed E-state index contributed by atoms with van der Waals surface area (Å²) in [7, 11) is 7.92. The Bertz CT molecular complexity index is 442. The third kappa shape index (κ3) is 6.74. The zero-order valence-electron chi connectivity index (χ0n) is 13.3. The SMILES string of the molecule is CCC(CN=C(N(C)C)N(C)C)Oc1ccccc1Cl.I. The van der Waals surface area contributed by atoms with Gasteiger partial charge in [0.25, 0.3) is 0 Å². The minimum atomic E-state index is 0. The van der Waals surface area contributed by atoms with Gasteiger partial charge in [0.2, 0.25) is 0 Å². The molecule has 1 aromatic carbocycles. The van der Waals surface area contributed by atoms with E-state index >= 15 is 0 Å². The van der Waals surface area contributed by atoms with E-state index in [-0.39, 0.29) is 30.1 Å². The normalized spacial score (nSPS) is 11.1. The van der Waals surface area contributed by atoms with E-state index < -0.39 is 0 Å². The first-order valence-electron chi connectivity index (χ1n) is 6.76. The van der Waals surface area contributed by atoms with Gasteiger partial charge in [-0.15, -0.1) is 24.0 Å². The van der Waals surface area contributed by atoms with Crippen LogP contribution in [0.1, 0.15) is 13.3 Å². The molecule has 0 N–H and O–H groups in total. The van der Waals surface area contributed by atoms with Crippen LogP contribution in [0.2, 0.25) is 5.02 Å². The van der Waals surface area contributed by atoms with Gasteiger partial charge in [0.05, 0.1) is 11.6 Å². The number of hydrogen-bond acceptors (Lipinski definition) is 2. The van der Waals surface area contributed by atoms with Crippen LogP contribution >= 0.6 is 35.6 Å². The van der Waals surface area contributed by atoms with Crippen LogP contribution in [0.5, 0.6) is 5.75 Å². The summed E-state index contributed by atoms with van der Waals surface area (Å²) in [5.41, 5.74) is 0. The fourth-order valence-electron chi connectivity index (χ4n) is 1.84. The largest absolute Gasteiger partial charge is 0.487 e. The average molecular weight is 426 g/mol. The summed E-state index contributed by atoms with van der Waals surface area (Å²) in [6.07, 6.45) is 0.896. The van der Waals surface area contributed by atoms with Crippen molar-refractivity contribution in [1.82, 2.24) is 9.80 Å². The molecule has 0 fully saturated rings. The summed E-state index contributed by atoms with van der Waals surface area (Å²) in [5.74, 6) is 1.64. The Hall–Kier alpha value is -0.690. The highest BCUT2D eigenvalue weighted by atomic mass is 127. The topological polar surface area (TPSA) is 28.1 Å². The Labute approximate surface area is 150 Å². The van der Waals surface area contributed by atoms with Crippen molar-refractivity contribution >= 4 is 41.5 Å². The molecule has 4 nitrogen and oxygen atoms in total. The maximum absolute atomic E-state index is 6.11. The number of ether oxygens (including phenoxy) is 1. The summed E-state index contributed by atoms with van der Waals surface area (Å²) in [5, 5.41) is 0.635. The van der Waals surface area contributed by atoms with Crippen molar-refractivity contribution in [2.45, 2.75) is 19.4 Å². The molecule has 1 unspecified atom stereocenters. The number of nitrogens with zero attached hydrogens (tertiary/aromatic N) is 3. The van der Waals surface area contributed by atoms with Crippen LogP contribution in [0.15, 0.2) is 29.3 Å². The fourth-order valence-corrected chi connectivity index (χ4v) is 2.02. The van der Waals surface area contributed by atoms with Crippen molar-refractivity contribution in [1.29, 1.82) is 0 Å². The number of para-hydroxylation sites is 1. The molecule has 0 saturated carbocycles. The van der Waals surface area contributed by atoms with Gasteiger partial charge in [0, 0.05) is 28.2 Å². The molecule has 120 valence electrons. The van der Waals surface area contributed by atoms with Gasteiger partial charge in [0.1, 0.15) is 11.9 Å². The molecule has 0 aromatic heterocycles. The monoisotopic (exact) mass is 425 g/mol. The lowest BCUT2D eigenvalue weighted by molar-refractivity contribution is 0.205. The summed E-state index contributed by atoms with van der Waals surface area (Å²) in [6, 6.07) is 7.53. The first kappa shape index (κ1) is 20.3. The number of rotatable bonds is 5. The second-order valence-electron chi connectivity index (χ2n) is 5.01. The molecule has 0 saturated heterocycles. The lowest BCUT2D eigenvalue weighted by Crippen LogP contribution is -2.36. The predicted octanol–water partition coefficient (Wildman–Crippen LogP) is 3.59. The van der Waals surface area contributed by atoms with E-state index in [2.05, 4.69) is 11.9 Å². The molecule has 1 aromatic rings. The van der Waals surface area contributed by atoms with Crippen LogP contribution < -0.4 is 4.74 Å². The van der Waals surface area contributed by atoms with Gasteiger partial charge in [-0.1, -0.05) is 30.7 Å². The molecule has 6 heteroatoms. The summed E-state index contributed by atoms with van der Waals surface area (Å²) in [6.45, 7) is 2.69. The molecule has 1 rings (SSSR count). The smallest absolute Gasteiger partial charge is 0.195 e. The number of halogens is 2. The van der Waals surface area contributed by atoms with E-state index in [4.69, 9.17) is 16.3 Å². The van der Waals surface area contributed by atoms with E-state index in [0.29, 0.717) is 17.3 Å². The van der Waals surface area contributed by atoms with E-state index in [1.54, 1.807) is 0 Å². The van der Waals surface area contributed by atoms with Gasteiger partial charge in [-0.05, 0) is 18.6 Å². The van der Waals surface area contributed by atoms with Crippen molar-refractivity contribution < 1.29 is 4.74 Å². The van der Waals surface area contributed by atoms with E-state index in [1.165, 1.54) is 0 Å². The zero-order valence-corrected chi connectivity index (χ0v) is 16.4. The van der Waals surface area contributed by atoms with Crippen molar-refractivity contribution in [2.75, 3.05) is 34.7 Å². The third-order valence-electron chi connectivity index (χ3n) is 2.82. The maximum Gasteiger partial charge on any atom is 0.195 e. The molecular weight excluding hydrogens is 401 g/mol. The molecule has 21 heavy (non-hydrogen) atoms. The van der Waals surface area contributed by atoms with Crippen molar-refractivity contribution in [3.63, 3.8) is 0 Å². The van der Waals surface area contributed by atoms with Gasteiger partial charge in [-0.25, -0.2) is 4.99 Å². The number of benzene rings is 1. The molecule has 0 aliphatic heterocycles. The van der Waals surface area contributed by atoms with Crippen LogP contribution in [-0.2, 0) is 0 Å². The predicted molar refractivity (Wildman–Crippen MR) is 101 cm³/mol. The van der Waals surface area contributed by atoms with Crippen LogP contribution in [-0.4, -0.2) is 56.6 Å². The summed E-state index contributed by atoms with van der Waals surface area (Å²) >= 11 is 6.11. The highest BCUT2D eigenvalue weighted by Gasteiger charge is 2.11. The molecule has 0 heterocycles. The highest BCUT2D eigenvalue weighted by molar-refractivity contribution is 14.0. The van der Waals surface area contributed by atoms with Crippen molar-refractivity contribution in [2.24, 2.45) is 4.99 Å². The van der Waals surface area contributed by atoms with Gasteiger partial charge < -0.3 is 14.5 Å². The van der Waals surface area contributed by atoms with Gasteiger partial charge in [-0.2, -0.15) is 0 Å². The quantitative estimate of drug-likeness (QED) is 0.410. The number of aliphatic imine (C=N–C) groups is 1. The lowest BCUT2D eigenvalue weighted by atomic mass is 10.2. The van der Waals surface area contributed by atoms with Gasteiger partial charge in [0.15, 0.2) is 5.96 Å². The zero-order chi connectivity index (χ0) is 15.1. The molecule has 0 amide bonds. The van der Waals surface area contributed by atoms with E-state index in [0.717, 1.165) is 12.4 Å². The Morgan fingerprint density at radius 3 is 2.24 bits per heavy atom. The number of guanidine groups is 1. The van der Waals surface area contributed by atoms with Crippen molar-refractivity contribution in [3.8, 4) is 5.75 Å². The molecule has 1 atom stereocenters. The Kier molecular flexibility index (Phi) is 9.77. The minimum absolute atomic E-state index is 0. The standard InChI is InChI=1S/C15H24ClN3O.HI/c1-6-12(11-17-15(18(2)3)19(4)5)20-14-10-8-7-9-13(14)16;/h7-10,12H,6,11H2,1-5H3;1H. The maximum atomic E-state index is 6.11. The second kappa shape index (κ2) is 10.1. The Balaban J connectivity index is 0.00000400. The highest BCUT2D eigenvalue weighted by Crippen LogP contribution is 2.24. The summed E-state index contributed by atoms with van der Waals surface area (Å²) < 4.78 is 5.93. The second-order valence-corrected chi connectivity index (χ2v) is 5.42. The van der Waals surface area contributed by atoms with Crippen LogP contribution in [0.4, 0.5) is 0 Å². The van der Waals surface area contributed by atoms with Crippen LogP contribution in [0.3, 0.4) is 0 Å². The van der Waals surface area contributed by atoms with Crippen LogP contribution in [0, 0.1) is 0 Å². The van der Waals surface area contributed by atoms with Crippen LogP contribution in [0.25, 0.3) is 0 Å². The Morgan fingerprint density at radius 1 is 1.19 bits per heavy atom. The average Bonchev–Trinajstić information content (AvgIpc) is 2.39. The van der Waals surface area contributed by atoms with Gasteiger partial charge in [-0.3, -0.25) is 0 Å². The van der Waals surface area contributed by atoms with E-state index in [9.17, 15) is 0 Å². The lowest BCUT2D eigenvalue weighted by Gasteiger charge is -2.24. The molecule has 0 aliphatic carbocycles. The number of hydrogen-bond donors (Lipinski definition) is 0. The fraction of sp³-hybridized carbons (Fsp3) is 0.533.